The zero-order valence-corrected chi connectivity index (χ0v) is 11.9. The maximum absolute atomic E-state index is 11.9. The van der Waals surface area contributed by atoms with Crippen molar-refractivity contribution in [2.45, 2.75) is 38.7 Å². The first kappa shape index (κ1) is 14.1. The Kier molecular flexibility index (Phi) is 4.25. The molecule has 1 aliphatic carbocycles. The molecule has 1 aromatic carbocycles. The van der Waals surface area contributed by atoms with Crippen molar-refractivity contribution < 1.29 is 14.3 Å². The van der Waals surface area contributed by atoms with Crippen molar-refractivity contribution in [2.75, 3.05) is 14.2 Å². The molecule has 2 rings (SSSR count). The molecule has 0 saturated heterocycles. The fourth-order valence-corrected chi connectivity index (χ4v) is 3.25. The van der Waals surface area contributed by atoms with E-state index in [2.05, 4.69) is 6.92 Å². The lowest BCUT2D eigenvalue weighted by molar-refractivity contribution is -0.00269. The molecule has 3 nitrogen and oxygen atoms in total. The molecular weight excluding hydrogens is 240 g/mol. The fraction of sp³-hybridized carbons (Fsp3) is 0.562. The van der Waals surface area contributed by atoms with Gasteiger partial charge in [-0.25, -0.2) is 4.79 Å². The number of rotatable bonds is 4. The highest BCUT2D eigenvalue weighted by Gasteiger charge is 2.39. The van der Waals surface area contributed by atoms with Gasteiger partial charge in [0.25, 0.3) is 0 Å². The summed E-state index contributed by atoms with van der Waals surface area (Å²) in [5.41, 5.74) is 1.67. The van der Waals surface area contributed by atoms with E-state index in [1.54, 1.807) is 7.11 Å². The largest absolute Gasteiger partial charge is 0.465 e. The minimum absolute atomic E-state index is 0.0506. The standard InChI is InChI=1S/C16H22O3/c1-16(10-6-7-11-16)14(18-2)12-8-4-5-9-13(12)15(17)19-3/h4-5,8-9,14H,6-7,10-11H2,1-3H3. The van der Waals surface area contributed by atoms with Crippen LogP contribution in [0.2, 0.25) is 0 Å². The number of ether oxygens (including phenoxy) is 2. The Balaban J connectivity index is 2.41. The summed E-state index contributed by atoms with van der Waals surface area (Å²) in [6.45, 7) is 2.25. The number of carbonyl (C=O) groups excluding carboxylic acids is 1. The SMILES string of the molecule is COC(=O)c1ccccc1C(OC)C1(C)CCCC1. The van der Waals surface area contributed by atoms with Crippen molar-refractivity contribution in [3.63, 3.8) is 0 Å². The van der Waals surface area contributed by atoms with Crippen LogP contribution < -0.4 is 0 Å². The van der Waals surface area contributed by atoms with E-state index in [0.29, 0.717) is 5.56 Å². The zero-order chi connectivity index (χ0) is 13.9. The average Bonchev–Trinajstić information content (AvgIpc) is 2.87. The minimum atomic E-state index is -0.292. The third-order valence-corrected chi connectivity index (χ3v) is 4.26. The van der Waals surface area contributed by atoms with Crippen molar-refractivity contribution in [3.05, 3.63) is 35.4 Å². The summed E-state index contributed by atoms with van der Waals surface area (Å²) in [6, 6.07) is 7.60. The third kappa shape index (κ3) is 2.66. The smallest absolute Gasteiger partial charge is 0.338 e. The zero-order valence-electron chi connectivity index (χ0n) is 11.9. The van der Waals surface area contributed by atoms with E-state index < -0.39 is 0 Å². The normalized spacial score (nSPS) is 19.1. The van der Waals surface area contributed by atoms with Crippen LogP contribution in [0.1, 0.15) is 54.6 Å². The van der Waals surface area contributed by atoms with Gasteiger partial charge in [-0.3, -0.25) is 0 Å². The molecule has 3 heteroatoms. The van der Waals surface area contributed by atoms with Gasteiger partial charge in [-0.2, -0.15) is 0 Å². The molecule has 104 valence electrons. The van der Waals surface area contributed by atoms with Crippen LogP contribution in [0.25, 0.3) is 0 Å². The van der Waals surface area contributed by atoms with E-state index in [4.69, 9.17) is 9.47 Å². The van der Waals surface area contributed by atoms with Crippen LogP contribution >= 0.6 is 0 Å². The summed E-state index contributed by atoms with van der Waals surface area (Å²) in [5.74, 6) is -0.292. The Labute approximate surface area is 114 Å². The molecule has 0 N–H and O–H groups in total. The predicted molar refractivity (Wildman–Crippen MR) is 74.1 cm³/mol. The first-order valence-corrected chi connectivity index (χ1v) is 6.82. The Morgan fingerprint density at radius 1 is 1.21 bits per heavy atom. The van der Waals surface area contributed by atoms with Gasteiger partial charge in [0, 0.05) is 7.11 Å². The van der Waals surface area contributed by atoms with Crippen LogP contribution in [0.15, 0.2) is 24.3 Å². The summed E-state index contributed by atoms with van der Waals surface area (Å²) in [5, 5.41) is 0. The fourth-order valence-electron chi connectivity index (χ4n) is 3.25. The molecule has 1 atom stereocenters. The second-order valence-corrected chi connectivity index (χ2v) is 5.56. The number of benzene rings is 1. The van der Waals surface area contributed by atoms with Crippen molar-refractivity contribution in [1.29, 1.82) is 0 Å². The summed E-state index contributed by atoms with van der Waals surface area (Å²) >= 11 is 0. The van der Waals surface area contributed by atoms with Crippen LogP contribution in [0.3, 0.4) is 0 Å². The molecular formula is C16H22O3. The van der Waals surface area contributed by atoms with E-state index in [9.17, 15) is 4.79 Å². The van der Waals surface area contributed by atoms with Gasteiger partial charge in [-0.1, -0.05) is 38.0 Å². The number of hydrogen-bond acceptors (Lipinski definition) is 3. The molecule has 1 aliphatic rings. The van der Waals surface area contributed by atoms with Gasteiger partial charge < -0.3 is 9.47 Å². The number of methoxy groups -OCH3 is 2. The Hall–Kier alpha value is -1.35. The molecule has 0 radical (unpaired) electrons. The van der Waals surface area contributed by atoms with Gasteiger partial charge in [0.15, 0.2) is 0 Å². The van der Waals surface area contributed by atoms with Crippen LogP contribution in [0.4, 0.5) is 0 Å². The lowest BCUT2D eigenvalue weighted by atomic mass is 9.78. The van der Waals surface area contributed by atoms with Crippen LogP contribution in [0.5, 0.6) is 0 Å². The quantitative estimate of drug-likeness (QED) is 0.775. The monoisotopic (exact) mass is 262 g/mol. The number of hydrogen-bond donors (Lipinski definition) is 0. The summed E-state index contributed by atoms with van der Waals surface area (Å²) in [6.07, 6.45) is 4.69. The summed E-state index contributed by atoms with van der Waals surface area (Å²) < 4.78 is 10.6. The van der Waals surface area contributed by atoms with Gasteiger partial charge in [-0.15, -0.1) is 0 Å². The lowest BCUT2D eigenvalue weighted by Gasteiger charge is -2.34. The third-order valence-electron chi connectivity index (χ3n) is 4.26. The Bertz CT molecular complexity index is 447. The molecule has 0 aliphatic heterocycles. The molecule has 1 saturated carbocycles. The predicted octanol–water partition coefficient (Wildman–Crippen LogP) is 3.74. The van der Waals surface area contributed by atoms with E-state index in [1.807, 2.05) is 24.3 Å². The Morgan fingerprint density at radius 3 is 2.42 bits per heavy atom. The van der Waals surface area contributed by atoms with E-state index >= 15 is 0 Å². The van der Waals surface area contributed by atoms with Crippen LogP contribution in [-0.4, -0.2) is 20.2 Å². The second-order valence-electron chi connectivity index (χ2n) is 5.56. The van der Waals surface area contributed by atoms with Gasteiger partial charge in [0.05, 0.1) is 18.8 Å². The van der Waals surface area contributed by atoms with E-state index in [-0.39, 0.29) is 17.5 Å². The van der Waals surface area contributed by atoms with Crippen LogP contribution in [-0.2, 0) is 9.47 Å². The second kappa shape index (κ2) is 5.74. The van der Waals surface area contributed by atoms with Crippen molar-refractivity contribution in [2.24, 2.45) is 5.41 Å². The highest BCUT2D eigenvalue weighted by Crippen LogP contribution is 2.49. The first-order chi connectivity index (χ1) is 9.12. The molecule has 1 unspecified atom stereocenters. The Morgan fingerprint density at radius 2 is 1.84 bits per heavy atom. The summed E-state index contributed by atoms with van der Waals surface area (Å²) in [4.78, 5) is 11.9. The minimum Gasteiger partial charge on any atom is -0.465 e. The van der Waals surface area contributed by atoms with Gasteiger partial charge in [-0.05, 0) is 29.9 Å². The van der Waals surface area contributed by atoms with Crippen molar-refractivity contribution >= 4 is 5.97 Å². The molecule has 1 aromatic rings. The first-order valence-electron chi connectivity index (χ1n) is 6.82. The van der Waals surface area contributed by atoms with E-state index in [1.165, 1.54) is 20.0 Å². The molecule has 0 bridgehead atoms. The highest BCUT2D eigenvalue weighted by atomic mass is 16.5. The van der Waals surface area contributed by atoms with Crippen molar-refractivity contribution in [1.82, 2.24) is 0 Å². The van der Waals surface area contributed by atoms with Crippen molar-refractivity contribution in [3.8, 4) is 0 Å². The summed E-state index contributed by atoms with van der Waals surface area (Å²) in [7, 11) is 3.14. The molecule has 0 amide bonds. The molecule has 0 heterocycles. The number of carbonyl (C=O) groups is 1. The topological polar surface area (TPSA) is 35.5 Å². The molecule has 0 spiro atoms. The van der Waals surface area contributed by atoms with Gasteiger partial charge >= 0.3 is 5.97 Å². The lowest BCUT2D eigenvalue weighted by Crippen LogP contribution is -2.25. The molecule has 0 aromatic heterocycles. The molecule has 1 fully saturated rings. The van der Waals surface area contributed by atoms with E-state index in [0.717, 1.165) is 18.4 Å². The highest BCUT2D eigenvalue weighted by molar-refractivity contribution is 5.91. The van der Waals surface area contributed by atoms with Gasteiger partial charge in [0.1, 0.15) is 0 Å². The van der Waals surface area contributed by atoms with Gasteiger partial charge in [0.2, 0.25) is 0 Å². The average molecular weight is 262 g/mol. The van der Waals surface area contributed by atoms with Crippen LogP contribution in [0, 0.1) is 5.41 Å². The maximum Gasteiger partial charge on any atom is 0.338 e. The molecule has 19 heavy (non-hydrogen) atoms. The maximum atomic E-state index is 11.9. The number of esters is 1.